The number of carbonyl (C=O) groups excluding carboxylic acids is 1. The van der Waals surface area contributed by atoms with Crippen molar-refractivity contribution in [3.8, 4) is 0 Å². The van der Waals surface area contributed by atoms with Crippen molar-refractivity contribution >= 4 is 73.9 Å². The molecule has 0 bridgehead atoms. The third kappa shape index (κ3) is 3.60. The molecule has 0 saturated carbocycles. The number of hydrogen-bond acceptors (Lipinski definition) is 1. The van der Waals surface area contributed by atoms with E-state index in [4.69, 9.17) is 46.4 Å². The van der Waals surface area contributed by atoms with Gasteiger partial charge in [-0.1, -0.05) is 62.3 Å². The summed E-state index contributed by atoms with van der Waals surface area (Å²) < 4.78 is 0.736. The van der Waals surface area contributed by atoms with E-state index in [-0.39, 0.29) is 10.0 Å². The third-order valence-corrected chi connectivity index (χ3v) is 4.06. The van der Waals surface area contributed by atoms with Crippen LogP contribution in [0.25, 0.3) is 0 Å². The molecule has 0 radical (unpaired) electrons. The van der Waals surface area contributed by atoms with Gasteiger partial charge >= 0.3 is 0 Å². The summed E-state index contributed by atoms with van der Waals surface area (Å²) in [5.74, 6) is -0.414. The molecule has 0 aliphatic rings. The number of hydrogen-bond donors (Lipinski definition) is 1. The summed E-state index contributed by atoms with van der Waals surface area (Å²) >= 11 is 27.1. The number of amides is 1. The van der Waals surface area contributed by atoms with E-state index in [1.54, 1.807) is 18.2 Å². The fourth-order valence-corrected chi connectivity index (χ4v) is 2.99. The molecule has 0 saturated heterocycles. The van der Waals surface area contributed by atoms with E-state index in [0.717, 1.165) is 4.47 Å². The number of anilines is 1. The molecule has 2 aromatic carbocycles. The highest BCUT2D eigenvalue weighted by Crippen LogP contribution is 2.34. The van der Waals surface area contributed by atoms with Crippen molar-refractivity contribution in [2.75, 3.05) is 5.32 Å². The van der Waals surface area contributed by atoms with E-state index >= 15 is 0 Å². The van der Waals surface area contributed by atoms with Crippen LogP contribution in [0, 0.1) is 0 Å². The zero-order valence-electron chi connectivity index (χ0n) is 9.68. The minimum absolute atomic E-state index is 0.252. The van der Waals surface area contributed by atoms with Gasteiger partial charge in [0.05, 0.1) is 26.3 Å². The van der Waals surface area contributed by atoms with Crippen molar-refractivity contribution in [1.82, 2.24) is 0 Å². The Morgan fingerprint density at radius 2 is 1.55 bits per heavy atom. The molecule has 0 aliphatic heterocycles. The number of nitrogens with one attached hydrogen (secondary N) is 1. The third-order valence-electron chi connectivity index (χ3n) is 2.42. The van der Waals surface area contributed by atoms with Crippen molar-refractivity contribution in [2.24, 2.45) is 0 Å². The quantitative estimate of drug-likeness (QED) is 0.613. The number of rotatable bonds is 2. The molecule has 0 spiro atoms. The highest BCUT2D eigenvalue weighted by atomic mass is 79.9. The van der Waals surface area contributed by atoms with Gasteiger partial charge in [-0.05, 0) is 30.3 Å². The molecule has 1 N–H and O–H groups in total. The highest BCUT2D eigenvalue weighted by Gasteiger charge is 2.15. The van der Waals surface area contributed by atoms with Gasteiger partial charge in [0.25, 0.3) is 5.91 Å². The van der Waals surface area contributed by atoms with Crippen LogP contribution < -0.4 is 5.32 Å². The summed E-state index contributed by atoms with van der Waals surface area (Å²) in [5, 5.41) is 3.84. The summed E-state index contributed by atoms with van der Waals surface area (Å²) in [7, 11) is 0. The molecule has 2 nitrogen and oxygen atoms in total. The first-order valence-corrected chi connectivity index (χ1v) is 7.60. The predicted molar refractivity (Wildman–Crippen MR) is 88.6 cm³/mol. The minimum Gasteiger partial charge on any atom is -0.319 e. The lowest BCUT2D eigenvalue weighted by molar-refractivity contribution is 0.102. The van der Waals surface area contributed by atoms with E-state index in [1.165, 1.54) is 12.1 Å². The Morgan fingerprint density at radius 1 is 0.950 bits per heavy atom. The molecule has 0 aromatic heterocycles. The van der Waals surface area contributed by atoms with Crippen LogP contribution >= 0.6 is 62.3 Å². The lowest BCUT2D eigenvalue weighted by Gasteiger charge is -2.11. The monoisotopic (exact) mass is 411 g/mol. The van der Waals surface area contributed by atoms with Crippen molar-refractivity contribution in [3.63, 3.8) is 0 Å². The molecule has 0 heterocycles. The first kappa shape index (κ1) is 15.9. The topological polar surface area (TPSA) is 29.1 Å². The maximum absolute atomic E-state index is 12.2. The maximum atomic E-state index is 12.2. The van der Waals surface area contributed by atoms with Gasteiger partial charge in [-0.25, -0.2) is 0 Å². The van der Waals surface area contributed by atoms with E-state index < -0.39 is 5.91 Å². The predicted octanol–water partition coefficient (Wildman–Crippen LogP) is 6.32. The highest BCUT2D eigenvalue weighted by molar-refractivity contribution is 9.10. The van der Waals surface area contributed by atoms with Crippen molar-refractivity contribution in [1.29, 1.82) is 0 Å². The van der Waals surface area contributed by atoms with Crippen LogP contribution in [0.2, 0.25) is 20.1 Å². The fourth-order valence-electron chi connectivity index (χ4n) is 1.51. The van der Waals surface area contributed by atoms with Crippen LogP contribution in [-0.4, -0.2) is 5.91 Å². The molecule has 0 atom stereocenters. The molecule has 0 unspecified atom stereocenters. The first-order valence-electron chi connectivity index (χ1n) is 5.29. The molecular weight excluding hydrogens is 408 g/mol. The summed E-state index contributed by atoms with van der Waals surface area (Å²) in [6.45, 7) is 0. The number of carbonyl (C=O) groups is 1. The zero-order chi connectivity index (χ0) is 14.9. The van der Waals surface area contributed by atoms with E-state index in [9.17, 15) is 4.79 Å². The van der Waals surface area contributed by atoms with Crippen molar-refractivity contribution in [2.45, 2.75) is 0 Å². The average molecular weight is 414 g/mol. The smallest absolute Gasteiger partial charge is 0.257 e. The normalized spacial score (nSPS) is 10.4. The summed E-state index contributed by atoms with van der Waals surface area (Å²) in [6, 6.07) is 7.95. The van der Waals surface area contributed by atoms with Crippen molar-refractivity contribution in [3.05, 3.63) is 60.5 Å². The Bertz CT molecular complexity index is 667. The van der Waals surface area contributed by atoms with Gasteiger partial charge in [-0.3, -0.25) is 4.79 Å². The van der Waals surface area contributed by atoms with Crippen LogP contribution in [-0.2, 0) is 0 Å². The lowest BCUT2D eigenvalue weighted by Crippen LogP contribution is -2.13. The molecule has 104 valence electrons. The molecule has 7 heteroatoms. The molecule has 0 fully saturated rings. The second-order valence-electron chi connectivity index (χ2n) is 3.82. The maximum Gasteiger partial charge on any atom is 0.257 e. The van der Waals surface area contributed by atoms with Gasteiger partial charge in [0.2, 0.25) is 0 Å². The van der Waals surface area contributed by atoms with Gasteiger partial charge in [0.1, 0.15) is 0 Å². The van der Waals surface area contributed by atoms with E-state index in [0.29, 0.717) is 21.3 Å². The number of halogens is 5. The van der Waals surface area contributed by atoms with E-state index in [1.807, 2.05) is 0 Å². The largest absolute Gasteiger partial charge is 0.319 e. The molecule has 20 heavy (non-hydrogen) atoms. The second-order valence-corrected chi connectivity index (χ2v) is 6.40. The van der Waals surface area contributed by atoms with Gasteiger partial charge in [-0.2, -0.15) is 0 Å². The Kier molecular flexibility index (Phi) is 5.21. The lowest BCUT2D eigenvalue weighted by atomic mass is 10.2. The molecular formula is C13H6BrCl4NO. The minimum atomic E-state index is -0.414. The van der Waals surface area contributed by atoms with Crippen LogP contribution in [0.15, 0.2) is 34.8 Å². The summed E-state index contributed by atoms with van der Waals surface area (Å²) in [6.07, 6.45) is 0. The Balaban J connectivity index is 2.35. The standard InChI is InChI=1S/C13H6BrCl4NO/c14-6-1-2-9(16)8(3-6)13(20)19-12-10(17)4-7(15)5-11(12)18/h1-5H,(H,19,20). The van der Waals surface area contributed by atoms with Crippen LogP contribution in [0.3, 0.4) is 0 Å². The van der Waals surface area contributed by atoms with Gasteiger partial charge in [0.15, 0.2) is 0 Å². The van der Waals surface area contributed by atoms with Crippen LogP contribution in [0.1, 0.15) is 10.4 Å². The van der Waals surface area contributed by atoms with Gasteiger partial charge in [-0.15, -0.1) is 0 Å². The number of benzene rings is 2. The first-order chi connectivity index (χ1) is 9.38. The SMILES string of the molecule is O=C(Nc1c(Cl)cc(Cl)cc1Cl)c1cc(Br)ccc1Cl. The molecule has 2 rings (SSSR count). The van der Waals surface area contributed by atoms with E-state index in [2.05, 4.69) is 21.2 Å². The van der Waals surface area contributed by atoms with Gasteiger partial charge < -0.3 is 5.32 Å². The van der Waals surface area contributed by atoms with Gasteiger partial charge in [0, 0.05) is 9.50 Å². The fraction of sp³-hybridized carbons (Fsp3) is 0. The molecule has 0 aliphatic carbocycles. The zero-order valence-corrected chi connectivity index (χ0v) is 14.3. The molecule has 1 amide bonds. The average Bonchev–Trinajstić information content (AvgIpc) is 2.36. The Hall–Kier alpha value is -0.450. The summed E-state index contributed by atoms with van der Waals surface area (Å²) in [5.41, 5.74) is 0.599. The van der Waals surface area contributed by atoms with Crippen LogP contribution in [0.4, 0.5) is 5.69 Å². The van der Waals surface area contributed by atoms with Crippen LogP contribution in [0.5, 0.6) is 0 Å². The second kappa shape index (κ2) is 6.54. The summed E-state index contributed by atoms with van der Waals surface area (Å²) in [4.78, 5) is 12.2. The Morgan fingerprint density at radius 3 is 2.15 bits per heavy atom. The Labute approximate surface area is 144 Å². The van der Waals surface area contributed by atoms with Crippen molar-refractivity contribution < 1.29 is 4.79 Å². The molecule has 2 aromatic rings.